The molecule has 0 aromatic heterocycles. The van der Waals surface area contributed by atoms with E-state index in [4.69, 9.17) is 0 Å². The molecule has 0 spiro atoms. The Labute approximate surface area is 163 Å². The lowest BCUT2D eigenvalue weighted by molar-refractivity contribution is -0.121. The van der Waals surface area contributed by atoms with Crippen LogP contribution in [0.2, 0.25) is 0 Å². The molecule has 7 heteroatoms. The number of fused-ring (bicyclic) bond motifs is 1. The van der Waals surface area contributed by atoms with Crippen LogP contribution < -0.4 is 4.90 Å². The molecule has 4 rings (SSSR count). The number of hydrogen-bond donors (Lipinski definition) is 0. The second-order valence-electron chi connectivity index (χ2n) is 6.81. The molecule has 1 aliphatic rings. The highest BCUT2D eigenvalue weighted by molar-refractivity contribution is 7.90. The van der Waals surface area contributed by atoms with Crippen molar-refractivity contribution in [1.29, 1.82) is 0 Å². The molecular weight excluding hydrogens is 376 g/mol. The van der Waals surface area contributed by atoms with Crippen LogP contribution in [0, 0.1) is 13.8 Å². The van der Waals surface area contributed by atoms with Crippen LogP contribution in [0.15, 0.2) is 65.6 Å². The average molecular weight is 394 g/mol. The topological polar surface area (TPSA) is 74.8 Å². The normalized spacial score (nSPS) is 14.9. The number of urea groups is 1. The summed E-state index contributed by atoms with van der Waals surface area (Å²) in [5.74, 6) is -0.767. The summed E-state index contributed by atoms with van der Waals surface area (Å²) < 4.78 is 26.5. The van der Waals surface area contributed by atoms with E-state index in [0.717, 1.165) is 16.5 Å². The molecule has 0 N–H and O–H groups in total. The molecule has 3 amide bonds. The minimum absolute atomic E-state index is 0.0881. The zero-order chi connectivity index (χ0) is 20.1. The standard InChI is InChI=1S/C21H18N2O4S/c1-14-7-9-18(11-15(14)2)22-13-20(24)23(21(22)25)28(26,27)19-10-8-16-5-3-4-6-17(16)12-19/h3-12H,13H2,1-2H3. The molecule has 6 nitrogen and oxygen atoms in total. The van der Waals surface area contributed by atoms with E-state index in [1.165, 1.54) is 17.0 Å². The predicted octanol–water partition coefficient (Wildman–Crippen LogP) is 3.61. The van der Waals surface area contributed by atoms with Crippen LogP contribution in [0.3, 0.4) is 0 Å². The van der Waals surface area contributed by atoms with E-state index in [1.807, 2.05) is 32.0 Å². The summed E-state index contributed by atoms with van der Waals surface area (Å²) in [6.07, 6.45) is 0. The summed E-state index contributed by atoms with van der Waals surface area (Å²) in [5, 5.41) is 1.59. The summed E-state index contributed by atoms with van der Waals surface area (Å²) in [5.41, 5.74) is 2.49. The lowest BCUT2D eigenvalue weighted by atomic mass is 10.1. The first-order valence-corrected chi connectivity index (χ1v) is 10.2. The van der Waals surface area contributed by atoms with Gasteiger partial charge in [0.2, 0.25) is 0 Å². The molecule has 0 radical (unpaired) electrons. The third-order valence-electron chi connectivity index (χ3n) is 4.99. The molecule has 142 valence electrons. The van der Waals surface area contributed by atoms with Crippen molar-refractivity contribution in [2.75, 3.05) is 11.4 Å². The van der Waals surface area contributed by atoms with Crippen LogP contribution >= 0.6 is 0 Å². The minimum Gasteiger partial charge on any atom is -0.284 e. The largest absolute Gasteiger partial charge is 0.346 e. The maximum Gasteiger partial charge on any atom is 0.346 e. The molecule has 0 bridgehead atoms. The number of benzene rings is 3. The van der Waals surface area contributed by atoms with E-state index >= 15 is 0 Å². The molecule has 1 fully saturated rings. The number of carbonyl (C=O) groups excluding carboxylic acids is 2. The summed E-state index contributed by atoms with van der Waals surface area (Å²) in [6, 6.07) is 16.3. The Morgan fingerprint density at radius 3 is 2.25 bits per heavy atom. The summed E-state index contributed by atoms with van der Waals surface area (Å²) in [6.45, 7) is 3.52. The van der Waals surface area contributed by atoms with E-state index in [-0.39, 0.29) is 11.4 Å². The van der Waals surface area contributed by atoms with E-state index in [2.05, 4.69) is 0 Å². The number of imide groups is 1. The fourth-order valence-electron chi connectivity index (χ4n) is 3.25. The number of amides is 3. The first-order chi connectivity index (χ1) is 13.3. The fourth-order valence-corrected chi connectivity index (χ4v) is 4.61. The van der Waals surface area contributed by atoms with E-state index in [1.54, 1.807) is 30.3 Å². The number of carbonyl (C=O) groups is 2. The average Bonchev–Trinajstić information content (AvgIpc) is 2.98. The maximum atomic E-state index is 13.1. The Balaban J connectivity index is 1.73. The van der Waals surface area contributed by atoms with Crippen molar-refractivity contribution >= 4 is 38.4 Å². The SMILES string of the molecule is Cc1ccc(N2CC(=O)N(S(=O)(=O)c3ccc4ccccc4c3)C2=O)cc1C. The van der Waals surface area contributed by atoms with Gasteiger partial charge in [0.1, 0.15) is 6.54 Å². The zero-order valence-corrected chi connectivity index (χ0v) is 16.2. The molecule has 28 heavy (non-hydrogen) atoms. The number of rotatable bonds is 3. The number of sulfonamides is 1. The van der Waals surface area contributed by atoms with Gasteiger partial charge < -0.3 is 0 Å². The van der Waals surface area contributed by atoms with Gasteiger partial charge in [-0.05, 0) is 60.0 Å². The van der Waals surface area contributed by atoms with Gasteiger partial charge in [0.25, 0.3) is 15.9 Å². The third-order valence-corrected chi connectivity index (χ3v) is 6.68. The Morgan fingerprint density at radius 1 is 0.821 bits per heavy atom. The van der Waals surface area contributed by atoms with Crippen molar-refractivity contribution in [3.63, 3.8) is 0 Å². The van der Waals surface area contributed by atoms with E-state index < -0.39 is 22.0 Å². The number of hydrogen-bond acceptors (Lipinski definition) is 4. The molecular formula is C21H18N2O4S. The molecule has 1 saturated heterocycles. The lowest BCUT2D eigenvalue weighted by Gasteiger charge is -2.18. The Morgan fingerprint density at radius 2 is 1.54 bits per heavy atom. The molecule has 0 unspecified atom stereocenters. The number of anilines is 1. The molecule has 0 atom stereocenters. The molecule has 0 aliphatic carbocycles. The van der Waals surface area contributed by atoms with Crippen LogP contribution in [0.4, 0.5) is 10.5 Å². The monoisotopic (exact) mass is 394 g/mol. The van der Waals surface area contributed by atoms with Gasteiger partial charge in [-0.1, -0.05) is 36.4 Å². The zero-order valence-electron chi connectivity index (χ0n) is 15.4. The highest BCUT2D eigenvalue weighted by Crippen LogP contribution is 2.29. The smallest absolute Gasteiger partial charge is 0.284 e. The van der Waals surface area contributed by atoms with Gasteiger partial charge in [-0.2, -0.15) is 0 Å². The lowest BCUT2D eigenvalue weighted by Crippen LogP contribution is -2.38. The van der Waals surface area contributed by atoms with Gasteiger partial charge in [-0.25, -0.2) is 13.2 Å². The molecule has 3 aromatic rings. The summed E-state index contributed by atoms with van der Waals surface area (Å²) >= 11 is 0. The van der Waals surface area contributed by atoms with E-state index in [9.17, 15) is 18.0 Å². The van der Waals surface area contributed by atoms with Gasteiger partial charge in [0.05, 0.1) is 4.90 Å². The summed E-state index contributed by atoms with van der Waals surface area (Å²) in [7, 11) is -4.30. The van der Waals surface area contributed by atoms with Crippen molar-refractivity contribution in [2.24, 2.45) is 0 Å². The van der Waals surface area contributed by atoms with Gasteiger partial charge in [-0.3, -0.25) is 9.69 Å². The molecule has 1 aliphatic heterocycles. The van der Waals surface area contributed by atoms with Gasteiger partial charge in [-0.15, -0.1) is 4.31 Å². The van der Waals surface area contributed by atoms with Crippen LogP contribution in [-0.2, 0) is 14.8 Å². The van der Waals surface area contributed by atoms with Crippen LogP contribution in [0.1, 0.15) is 11.1 Å². The van der Waals surface area contributed by atoms with Crippen molar-refractivity contribution in [3.05, 3.63) is 71.8 Å². The minimum atomic E-state index is -4.30. The quantitative estimate of drug-likeness (QED) is 0.636. The second kappa shape index (κ2) is 6.45. The third kappa shape index (κ3) is 2.84. The first kappa shape index (κ1) is 18.2. The predicted molar refractivity (Wildman–Crippen MR) is 107 cm³/mol. The van der Waals surface area contributed by atoms with Crippen molar-refractivity contribution < 1.29 is 18.0 Å². The highest BCUT2D eigenvalue weighted by Gasteiger charge is 2.45. The number of nitrogens with zero attached hydrogens (tertiary/aromatic N) is 2. The van der Waals surface area contributed by atoms with Crippen molar-refractivity contribution in [1.82, 2.24) is 4.31 Å². The molecule has 3 aromatic carbocycles. The maximum absolute atomic E-state index is 13.1. The van der Waals surface area contributed by atoms with Crippen molar-refractivity contribution in [2.45, 2.75) is 18.7 Å². The van der Waals surface area contributed by atoms with Crippen LogP contribution in [-0.4, -0.2) is 31.2 Å². The van der Waals surface area contributed by atoms with Crippen LogP contribution in [0.5, 0.6) is 0 Å². The summed E-state index contributed by atoms with van der Waals surface area (Å²) in [4.78, 5) is 26.4. The Bertz CT molecular complexity index is 1230. The Kier molecular flexibility index (Phi) is 4.19. The van der Waals surface area contributed by atoms with Crippen LogP contribution in [0.25, 0.3) is 10.8 Å². The van der Waals surface area contributed by atoms with Gasteiger partial charge in [0.15, 0.2) is 0 Å². The second-order valence-corrected chi connectivity index (χ2v) is 8.60. The fraction of sp³-hybridized carbons (Fsp3) is 0.143. The number of aryl methyl sites for hydroxylation is 2. The Hall–Kier alpha value is -3.19. The molecule has 1 heterocycles. The van der Waals surface area contributed by atoms with Gasteiger partial charge in [0, 0.05) is 5.69 Å². The molecule has 0 saturated carbocycles. The first-order valence-electron chi connectivity index (χ1n) is 8.75. The van der Waals surface area contributed by atoms with Gasteiger partial charge >= 0.3 is 6.03 Å². The van der Waals surface area contributed by atoms with E-state index in [0.29, 0.717) is 15.4 Å². The highest BCUT2D eigenvalue weighted by atomic mass is 32.2. The van der Waals surface area contributed by atoms with Crippen molar-refractivity contribution in [3.8, 4) is 0 Å².